The molecule has 1 atom stereocenters. The van der Waals surface area contributed by atoms with Crippen LogP contribution in [0.25, 0.3) is 0 Å². The third-order valence-electron chi connectivity index (χ3n) is 7.83. The SMILES string of the molecule is C=CCN(Nc1ccc(N2CCC(OC(C)(C)C)C2=O)cc1)C1CCCCCCC1.Cc1ccccc1.Cc1ccccc1. The molecular formula is C39H55N3O2. The van der Waals surface area contributed by atoms with Gasteiger partial charge in [0.1, 0.15) is 6.10 Å². The highest BCUT2D eigenvalue weighted by atomic mass is 16.5. The van der Waals surface area contributed by atoms with Crippen LogP contribution in [0, 0.1) is 13.8 Å². The van der Waals surface area contributed by atoms with Crippen molar-refractivity contribution >= 4 is 17.3 Å². The second-order valence-corrected chi connectivity index (χ2v) is 12.9. The number of amides is 1. The zero-order valence-corrected chi connectivity index (χ0v) is 27.8. The largest absolute Gasteiger partial charge is 0.363 e. The van der Waals surface area contributed by atoms with Gasteiger partial charge < -0.3 is 15.1 Å². The van der Waals surface area contributed by atoms with Crippen molar-refractivity contribution < 1.29 is 9.53 Å². The fourth-order valence-electron chi connectivity index (χ4n) is 5.57. The Labute approximate surface area is 267 Å². The Bertz CT molecular complexity index is 1180. The van der Waals surface area contributed by atoms with Crippen molar-refractivity contribution in [3.8, 4) is 0 Å². The average Bonchev–Trinajstić information content (AvgIpc) is 3.33. The van der Waals surface area contributed by atoms with Gasteiger partial charge in [-0.15, -0.1) is 6.58 Å². The van der Waals surface area contributed by atoms with Crippen molar-refractivity contribution in [2.75, 3.05) is 23.4 Å². The summed E-state index contributed by atoms with van der Waals surface area (Å²) >= 11 is 0. The van der Waals surface area contributed by atoms with Gasteiger partial charge in [-0.25, -0.2) is 5.01 Å². The predicted octanol–water partition coefficient (Wildman–Crippen LogP) is 9.52. The molecular weight excluding hydrogens is 542 g/mol. The summed E-state index contributed by atoms with van der Waals surface area (Å²) in [4.78, 5) is 14.6. The summed E-state index contributed by atoms with van der Waals surface area (Å²) in [6.45, 7) is 15.6. The van der Waals surface area contributed by atoms with Crippen LogP contribution in [0.3, 0.4) is 0 Å². The highest BCUT2D eigenvalue weighted by Crippen LogP contribution is 2.28. The second kappa shape index (κ2) is 18.4. The molecule has 1 saturated carbocycles. The van der Waals surface area contributed by atoms with Crippen LogP contribution in [0.1, 0.15) is 83.3 Å². The summed E-state index contributed by atoms with van der Waals surface area (Å²) in [7, 11) is 0. The van der Waals surface area contributed by atoms with E-state index in [2.05, 4.69) is 67.3 Å². The number of benzene rings is 3. The van der Waals surface area contributed by atoms with E-state index < -0.39 is 0 Å². The average molecular weight is 598 g/mol. The van der Waals surface area contributed by atoms with Gasteiger partial charge in [-0.1, -0.05) is 110 Å². The number of hydrazine groups is 1. The zero-order chi connectivity index (χ0) is 31.8. The lowest BCUT2D eigenvalue weighted by Crippen LogP contribution is -2.40. The lowest BCUT2D eigenvalue weighted by atomic mass is 9.96. The topological polar surface area (TPSA) is 44.8 Å². The maximum atomic E-state index is 12.8. The van der Waals surface area contributed by atoms with Gasteiger partial charge in [-0.05, 0) is 71.7 Å². The molecule has 44 heavy (non-hydrogen) atoms. The van der Waals surface area contributed by atoms with Gasteiger partial charge in [0.25, 0.3) is 5.91 Å². The van der Waals surface area contributed by atoms with Crippen LogP contribution in [0.2, 0.25) is 0 Å². The lowest BCUT2D eigenvalue weighted by molar-refractivity contribution is -0.135. The monoisotopic (exact) mass is 597 g/mol. The molecule has 2 aliphatic rings. The van der Waals surface area contributed by atoms with E-state index in [-0.39, 0.29) is 17.6 Å². The van der Waals surface area contributed by atoms with E-state index in [1.54, 1.807) is 0 Å². The number of carbonyl (C=O) groups excluding carboxylic acids is 1. The first-order valence-electron chi connectivity index (χ1n) is 16.4. The lowest BCUT2D eigenvalue weighted by Gasteiger charge is -2.33. The van der Waals surface area contributed by atoms with E-state index in [1.807, 2.05) is 80.3 Å². The number of nitrogens with one attached hydrogen (secondary N) is 1. The molecule has 1 heterocycles. The summed E-state index contributed by atoms with van der Waals surface area (Å²) in [5, 5.41) is 2.33. The van der Waals surface area contributed by atoms with Gasteiger partial charge in [0.2, 0.25) is 0 Å². The predicted molar refractivity (Wildman–Crippen MR) is 187 cm³/mol. The van der Waals surface area contributed by atoms with Crippen LogP contribution in [-0.4, -0.2) is 41.8 Å². The first-order chi connectivity index (χ1) is 21.2. The van der Waals surface area contributed by atoms with Crippen molar-refractivity contribution in [1.29, 1.82) is 0 Å². The number of aryl methyl sites for hydroxylation is 2. The Morgan fingerprint density at radius 2 is 1.34 bits per heavy atom. The highest BCUT2D eigenvalue weighted by molar-refractivity contribution is 5.98. The minimum Gasteiger partial charge on any atom is -0.363 e. The molecule has 1 saturated heterocycles. The molecule has 5 rings (SSSR count). The Kier molecular flexibility index (Phi) is 14.7. The number of hydrogen-bond acceptors (Lipinski definition) is 4. The maximum Gasteiger partial charge on any atom is 0.256 e. The Morgan fingerprint density at radius 1 is 0.818 bits per heavy atom. The summed E-state index contributed by atoms with van der Waals surface area (Å²) in [5.74, 6) is 0.0634. The normalized spacial score (nSPS) is 17.5. The minimum absolute atomic E-state index is 0.0634. The van der Waals surface area contributed by atoms with Crippen molar-refractivity contribution in [1.82, 2.24) is 5.01 Å². The van der Waals surface area contributed by atoms with Crippen molar-refractivity contribution in [2.45, 2.75) is 104 Å². The molecule has 5 nitrogen and oxygen atoms in total. The summed E-state index contributed by atoms with van der Waals surface area (Å²) in [6.07, 6.45) is 11.5. The molecule has 0 radical (unpaired) electrons. The molecule has 3 aromatic carbocycles. The minimum atomic E-state index is -0.342. The summed E-state index contributed by atoms with van der Waals surface area (Å²) in [5.41, 5.74) is 7.92. The molecule has 1 N–H and O–H groups in total. The van der Waals surface area contributed by atoms with E-state index in [0.717, 1.165) is 24.3 Å². The van der Waals surface area contributed by atoms with Gasteiger partial charge in [0.05, 0.1) is 5.60 Å². The highest BCUT2D eigenvalue weighted by Gasteiger charge is 2.35. The fraction of sp³-hybridized carbons (Fsp3) is 0.462. The number of carbonyl (C=O) groups is 1. The van der Waals surface area contributed by atoms with E-state index >= 15 is 0 Å². The molecule has 0 spiro atoms. The van der Waals surface area contributed by atoms with Crippen LogP contribution in [0.15, 0.2) is 97.6 Å². The Morgan fingerprint density at radius 3 is 1.80 bits per heavy atom. The molecule has 1 amide bonds. The smallest absolute Gasteiger partial charge is 0.256 e. The molecule has 238 valence electrons. The molecule has 0 aromatic heterocycles. The third kappa shape index (κ3) is 12.7. The summed E-state index contributed by atoms with van der Waals surface area (Å²) in [6, 6.07) is 29.3. The standard InChI is InChI=1S/C25H39N3O2.2C7H8/c1-5-18-28(22-11-9-7-6-8-10-12-22)26-20-13-15-21(16-14-20)27-19-17-23(24(27)29)30-25(2,3)4;2*1-7-5-3-2-4-6-7/h5,13-16,22-23,26H,1,6-12,17-19H2,2-4H3;2*2-6H,1H3. The van der Waals surface area contributed by atoms with Crippen LogP contribution < -0.4 is 10.3 Å². The first-order valence-corrected chi connectivity index (χ1v) is 16.4. The van der Waals surface area contributed by atoms with Crippen LogP contribution in [0.4, 0.5) is 11.4 Å². The van der Waals surface area contributed by atoms with E-state index in [4.69, 9.17) is 4.74 Å². The number of nitrogens with zero attached hydrogens (tertiary/aromatic N) is 2. The molecule has 2 fully saturated rings. The quantitative estimate of drug-likeness (QED) is 0.218. The fourth-order valence-corrected chi connectivity index (χ4v) is 5.57. The van der Waals surface area contributed by atoms with Crippen LogP contribution in [0.5, 0.6) is 0 Å². The van der Waals surface area contributed by atoms with Crippen LogP contribution in [-0.2, 0) is 9.53 Å². The Balaban J connectivity index is 0.000000306. The number of rotatable bonds is 7. The van der Waals surface area contributed by atoms with Gasteiger partial charge in [-0.3, -0.25) is 4.79 Å². The Hall–Kier alpha value is -3.41. The van der Waals surface area contributed by atoms with Gasteiger partial charge in [0.15, 0.2) is 0 Å². The maximum absolute atomic E-state index is 12.8. The molecule has 1 unspecified atom stereocenters. The zero-order valence-electron chi connectivity index (χ0n) is 27.8. The van der Waals surface area contributed by atoms with Crippen molar-refractivity contribution in [2.24, 2.45) is 0 Å². The first kappa shape index (κ1) is 35.1. The van der Waals surface area contributed by atoms with Gasteiger partial charge >= 0.3 is 0 Å². The van der Waals surface area contributed by atoms with Crippen molar-refractivity contribution in [3.63, 3.8) is 0 Å². The molecule has 1 aliphatic carbocycles. The molecule has 3 aromatic rings. The van der Waals surface area contributed by atoms with Crippen molar-refractivity contribution in [3.05, 3.63) is 109 Å². The number of hydrogen-bond donors (Lipinski definition) is 1. The molecule has 5 heteroatoms. The number of anilines is 2. The third-order valence-corrected chi connectivity index (χ3v) is 7.83. The van der Waals surface area contributed by atoms with E-state index in [1.165, 1.54) is 56.1 Å². The molecule has 1 aliphatic heterocycles. The summed E-state index contributed by atoms with van der Waals surface area (Å²) < 4.78 is 5.93. The van der Waals surface area contributed by atoms with E-state index in [9.17, 15) is 4.79 Å². The number of ether oxygens (including phenoxy) is 1. The second-order valence-electron chi connectivity index (χ2n) is 12.9. The van der Waals surface area contributed by atoms with Gasteiger partial charge in [0, 0.05) is 36.9 Å². The van der Waals surface area contributed by atoms with Gasteiger partial charge in [-0.2, -0.15) is 0 Å². The van der Waals surface area contributed by atoms with E-state index in [0.29, 0.717) is 12.6 Å². The molecule has 0 bridgehead atoms. The van der Waals surface area contributed by atoms with Crippen LogP contribution >= 0.6 is 0 Å².